The van der Waals surface area contributed by atoms with Gasteiger partial charge in [0.15, 0.2) is 0 Å². The fraction of sp³-hybridized carbons (Fsp3) is 0.250. The number of piperazine rings is 1. The van der Waals surface area contributed by atoms with Crippen molar-refractivity contribution < 1.29 is 22.8 Å². The molecule has 4 aromatic carbocycles. The number of alkyl halides is 3. The number of pyridine rings is 1. The lowest BCUT2D eigenvalue weighted by Gasteiger charge is -2.37. The molecule has 1 N–H and O–H groups in total. The van der Waals surface area contributed by atoms with Crippen LogP contribution in [-0.4, -0.2) is 52.8 Å². The van der Waals surface area contributed by atoms with Crippen molar-refractivity contribution in [3.8, 4) is 11.3 Å². The summed E-state index contributed by atoms with van der Waals surface area (Å²) in [6.07, 6.45) is -0.962. The van der Waals surface area contributed by atoms with Crippen LogP contribution in [0, 0.1) is 19.8 Å². The second kappa shape index (κ2) is 16.9. The number of nitrogens with zero attached hydrogens (tertiary/aromatic N) is 3. The van der Waals surface area contributed by atoms with Gasteiger partial charge in [0.05, 0.1) is 17.2 Å². The van der Waals surface area contributed by atoms with E-state index in [0.29, 0.717) is 31.7 Å². The molecule has 0 aliphatic carbocycles. The minimum Gasteiger partial charge on any atom is -0.348 e. The normalized spacial score (nSPS) is 14.5. The van der Waals surface area contributed by atoms with Gasteiger partial charge in [0.1, 0.15) is 0 Å². The molecule has 5 aromatic rings. The zero-order valence-corrected chi connectivity index (χ0v) is 29.9. The van der Waals surface area contributed by atoms with Crippen LogP contribution in [-0.2, 0) is 35.3 Å². The van der Waals surface area contributed by atoms with E-state index in [-0.39, 0.29) is 24.4 Å². The van der Waals surface area contributed by atoms with Gasteiger partial charge in [-0.15, -0.1) is 0 Å². The maximum absolute atomic E-state index is 14.6. The fourth-order valence-corrected chi connectivity index (χ4v) is 6.67. The van der Waals surface area contributed by atoms with E-state index in [1.165, 1.54) is 28.8 Å². The van der Waals surface area contributed by atoms with Gasteiger partial charge >= 0.3 is 6.18 Å². The summed E-state index contributed by atoms with van der Waals surface area (Å²) in [5, 5.41) is 3.00. The number of hydrogen-bond acceptors (Lipinski definition) is 4. The van der Waals surface area contributed by atoms with Gasteiger partial charge < -0.3 is 10.2 Å². The van der Waals surface area contributed by atoms with Crippen molar-refractivity contribution in [2.75, 3.05) is 26.2 Å². The molecule has 1 atom stereocenters. The van der Waals surface area contributed by atoms with Crippen molar-refractivity contribution in [1.29, 1.82) is 0 Å². The van der Waals surface area contributed by atoms with Crippen LogP contribution in [0.2, 0.25) is 0 Å². The Bertz CT molecular complexity index is 2020. The average Bonchev–Trinajstić information content (AvgIpc) is 3.17. The standard InChI is InChI=1S/C44H43F3N4O2/c1-31-11-16-37(32(2)26-31)30-50-22-24-51(25-23-50)43(53)40(28-33-8-4-3-5-9-33)39(27-34-14-19-38(20-15-34)44(45,46)47)42(52)49-29-35-12-17-36(18-13-35)41-10-6-7-21-48-41/h3-21,26-27,40H,22-25,28-30H2,1-2H3,(H,49,52)/t40-/m0/s1. The van der Waals surface area contributed by atoms with Gasteiger partial charge in [0, 0.05) is 56.6 Å². The van der Waals surface area contributed by atoms with E-state index in [1.807, 2.05) is 77.7 Å². The summed E-state index contributed by atoms with van der Waals surface area (Å²) in [7, 11) is 0. The van der Waals surface area contributed by atoms with Crippen LogP contribution in [0.4, 0.5) is 13.2 Å². The van der Waals surface area contributed by atoms with E-state index in [1.54, 1.807) is 12.3 Å². The Morgan fingerprint density at radius 1 is 0.811 bits per heavy atom. The van der Waals surface area contributed by atoms with Crippen LogP contribution in [0.15, 0.2) is 127 Å². The molecule has 2 amide bonds. The van der Waals surface area contributed by atoms with Gasteiger partial charge in [-0.25, -0.2) is 0 Å². The Balaban J connectivity index is 1.26. The number of aromatic nitrogens is 1. The number of nitrogens with one attached hydrogen (secondary N) is 1. The van der Waals surface area contributed by atoms with E-state index in [0.717, 1.165) is 41.1 Å². The molecule has 6 nitrogen and oxygen atoms in total. The molecule has 0 unspecified atom stereocenters. The summed E-state index contributed by atoms with van der Waals surface area (Å²) in [5.41, 5.74) is 6.99. The zero-order valence-electron chi connectivity index (χ0n) is 29.9. The van der Waals surface area contributed by atoms with Gasteiger partial charge in [-0.1, -0.05) is 96.6 Å². The molecule has 1 saturated heterocycles. The Morgan fingerprint density at radius 2 is 1.51 bits per heavy atom. The van der Waals surface area contributed by atoms with Gasteiger partial charge in [-0.05, 0) is 78.4 Å². The number of carbonyl (C=O) groups is 2. The predicted molar refractivity (Wildman–Crippen MR) is 202 cm³/mol. The second-order valence-corrected chi connectivity index (χ2v) is 13.6. The SMILES string of the molecule is Cc1ccc(CN2CCN(C(=O)[C@@H](Cc3ccccc3)C(=Cc3ccc(C(F)(F)F)cc3)C(=O)NCc3ccc(-c4ccccn4)cc3)CC2)c(C)c1. The number of amides is 2. The molecule has 1 aromatic heterocycles. The van der Waals surface area contributed by atoms with E-state index < -0.39 is 23.6 Å². The summed E-state index contributed by atoms with van der Waals surface area (Å²) in [4.78, 5) is 37.3. The maximum Gasteiger partial charge on any atom is 0.416 e. The number of carbonyl (C=O) groups excluding carboxylic acids is 2. The highest BCUT2D eigenvalue weighted by Gasteiger charge is 2.34. The van der Waals surface area contributed by atoms with E-state index in [2.05, 4.69) is 47.2 Å². The highest BCUT2D eigenvalue weighted by molar-refractivity contribution is 6.04. The molecule has 0 saturated carbocycles. The Morgan fingerprint density at radius 3 is 2.15 bits per heavy atom. The first-order valence-electron chi connectivity index (χ1n) is 17.8. The second-order valence-electron chi connectivity index (χ2n) is 13.6. The largest absolute Gasteiger partial charge is 0.416 e. The van der Waals surface area contributed by atoms with Crippen LogP contribution < -0.4 is 5.32 Å². The van der Waals surface area contributed by atoms with Crippen molar-refractivity contribution >= 4 is 17.9 Å². The molecule has 1 aliphatic heterocycles. The first-order chi connectivity index (χ1) is 25.5. The van der Waals surface area contributed by atoms with Crippen LogP contribution in [0.5, 0.6) is 0 Å². The molecule has 6 rings (SSSR count). The molecule has 9 heteroatoms. The third-order valence-electron chi connectivity index (χ3n) is 9.72. The molecule has 2 heterocycles. The molecule has 1 aliphatic rings. The van der Waals surface area contributed by atoms with Gasteiger partial charge in [0.2, 0.25) is 11.8 Å². The number of halogens is 3. The Hall–Kier alpha value is -5.54. The van der Waals surface area contributed by atoms with Crippen molar-refractivity contribution in [2.45, 2.75) is 39.5 Å². The topological polar surface area (TPSA) is 65.5 Å². The third-order valence-corrected chi connectivity index (χ3v) is 9.72. The molecule has 0 spiro atoms. The quantitative estimate of drug-likeness (QED) is 0.140. The summed E-state index contributed by atoms with van der Waals surface area (Å²) in [6, 6.07) is 34.0. The Kier molecular flexibility index (Phi) is 11.8. The summed E-state index contributed by atoms with van der Waals surface area (Å²) >= 11 is 0. The number of aryl methyl sites for hydroxylation is 2. The molecule has 0 bridgehead atoms. The summed E-state index contributed by atoms with van der Waals surface area (Å²) in [6.45, 7) is 7.50. The van der Waals surface area contributed by atoms with E-state index >= 15 is 0 Å². The van der Waals surface area contributed by atoms with Gasteiger partial charge in [0.25, 0.3) is 0 Å². The minimum absolute atomic E-state index is 0.187. The molecule has 0 radical (unpaired) electrons. The van der Waals surface area contributed by atoms with Crippen LogP contribution in [0.1, 0.15) is 38.9 Å². The van der Waals surface area contributed by atoms with E-state index in [4.69, 9.17) is 0 Å². The zero-order chi connectivity index (χ0) is 37.4. The molecular weight excluding hydrogens is 674 g/mol. The summed E-state index contributed by atoms with van der Waals surface area (Å²) in [5.74, 6) is -1.52. The predicted octanol–water partition coefficient (Wildman–Crippen LogP) is 8.29. The smallest absolute Gasteiger partial charge is 0.348 e. The lowest BCUT2D eigenvalue weighted by molar-refractivity contribution is -0.138. The monoisotopic (exact) mass is 716 g/mol. The number of hydrogen-bond donors (Lipinski definition) is 1. The summed E-state index contributed by atoms with van der Waals surface area (Å²) < 4.78 is 40.3. The molecule has 1 fully saturated rings. The first-order valence-corrected chi connectivity index (χ1v) is 17.8. The van der Waals surface area contributed by atoms with Crippen LogP contribution in [0.3, 0.4) is 0 Å². The molecule has 53 heavy (non-hydrogen) atoms. The molecule has 272 valence electrons. The van der Waals surface area contributed by atoms with Crippen LogP contribution in [0.25, 0.3) is 17.3 Å². The number of rotatable bonds is 11. The minimum atomic E-state index is -4.50. The first kappa shape index (κ1) is 37.2. The lowest BCUT2D eigenvalue weighted by Crippen LogP contribution is -2.51. The molecular formula is C44H43F3N4O2. The lowest BCUT2D eigenvalue weighted by atomic mass is 9.88. The van der Waals surface area contributed by atoms with E-state index in [9.17, 15) is 22.8 Å². The maximum atomic E-state index is 14.6. The highest BCUT2D eigenvalue weighted by atomic mass is 19.4. The third kappa shape index (κ3) is 9.87. The highest BCUT2D eigenvalue weighted by Crippen LogP contribution is 2.30. The van der Waals surface area contributed by atoms with Crippen molar-refractivity contribution in [3.05, 3.63) is 166 Å². The fourth-order valence-electron chi connectivity index (χ4n) is 6.67. The van der Waals surface area contributed by atoms with Crippen molar-refractivity contribution in [3.63, 3.8) is 0 Å². The number of benzene rings is 4. The van der Waals surface area contributed by atoms with Crippen LogP contribution >= 0.6 is 0 Å². The van der Waals surface area contributed by atoms with Gasteiger partial charge in [-0.2, -0.15) is 13.2 Å². The Labute approximate surface area is 309 Å². The van der Waals surface area contributed by atoms with Gasteiger partial charge in [-0.3, -0.25) is 19.5 Å². The average molecular weight is 717 g/mol. The van der Waals surface area contributed by atoms with Crippen molar-refractivity contribution in [2.24, 2.45) is 5.92 Å². The van der Waals surface area contributed by atoms with Crippen molar-refractivity contribution in [1.82, 2.24) is 20.1 Å².